The van der Waals surface area contributed by atoms with Gasteiger partial charge in [-0.1, -0.05) is 44.2 Å². The Morgan fingerprint density at radius 1 is 1.12 bits per heavy atom. The molecule has 0 aliphatic carbocycles. The molecule has 1 N–H and O–H groups in total. The molecule has 1 aliphatic rings. The van der Waals surface area contributed by atoms with E-state index in [2.05, 4.69) is 59.0 Å². The lowest BCUT2D eigenvalue weighted by Gasteiger charge is -2.35. The summed E-state index contributed by atoms with van der Waals surface area (Å²) in [7, 11) is 0. The summed E-state index contributed by atoms with van der Waals surface area (Å²) in [5, 5.41) is 0. The Bertz CT molecular complexity index is 761. The van der Waals surface area contributed by atoms with Crippen molar-refractivity contribution >= 4 is 5.95 Å². The van der Waals surface area contributed by atoms with E-state index in [1.54, 1.807) is 0 Å². The van der Waals surface area contributed by atoms with Gasteiger partial charge in [-0.2, -0.15) is 0 Å². The van der Waals surface area contributed by atoms with Crippen molar-refractivity contribution in [2.75, 3.05) is 31.1 Å². The number of hydrogen-bond acceptors (Lipinski definition) is 4. The number of rotatable bonds is 6. The normalized spacial score (nSPS) is 15.6. The molecule has 2 heterocycles. The highest BCUT2D eigenvalue weighted by Gasteiger charge is 2.20. The van der Waals surface area contributed by atoms with E-state index in [0.29, 0.717) is 5.92 Å². The zero-order valence-electron chi connectivity index (χ0n) is 16.2. The van der Waals surface area contributed by atoms with E-state index in [-0.39, 0.29) is 5.56 Å². The van der Waals surface area contributed by atoms with E-state index in [1.807, 2.05) is 6.92 Å². The van der Waals surface area contributed by atoms with Crippen molar-refractivity contribution in [1.29, 1.82) is 0 Å². The van der Waals surface area contributed by atoms with E-state index in [4.69, 9.17) is 4.98 Å². The fourth-order valence-corrected chi connectivity index (χ4v) is 3.43. The number of nitrogens with zero attached hydrogens (tertiary/aromatic N) is 3. The van der Waals surface area contributed by atoms with E-state index in [1.165, 1.54) is 5.56 Å². The first-order chi connectivity index (χ1) is 12.5. The van der Waals surface area contributed by atoms with Crippen LogP contribution in [0.25, 0.3) is 0 Å². The van der Waals surface area contributed by atoms with E-state index < -0.39 is 0 Å². The predicted octanol–water partition coefficient (Wildman–Crippen LogP) is 2.99. The Labute approximate surface area is 156 Å². The summed E-state index contributed by atoms with van der Waals surface area (Å²) in [5.74, 6) is 1.31. The summed E-state index contributed by atoms with van der Waals surface area (Å²) in [6.07, 6.45) is 1.82. The van der Waals surface area contributed by atoms with Crippen LogP contribution < -0.4 is 10.5 Å². The van der Waals surface area contributed by atoms with Crippen LogP contribution in [0.4, 0.5) is 5.95 Å². The Morgan fingerprint density at radius 2 is 1.81 bits per heavy atom. The van der Waals surface area contributed by atoms with Gasteiger partial charge in [0.1, 0.15) is 0 Å². The lowest BCUT2D eigenvalue weighted by atomic mass is 10.0. The molecular weight excluding hydrogens is 324 g/mol. The second-order valence-electron chi connectivity index (χ2n) is 7.63. The van der Waals surface area contributed by atoms with Gasteiger partial charge in [0.2, 0.25) is 5.95 Å². The zero-order chi connectivity index (χ0) is 18.5. The van der Waals surface area contributed by atoms with Crippen molar-refractivity contribution in [3.63, 3.8) is 0 Å². The van der Waals surface area contributed by atoms with Crippen LogP contribution in [0.3, 0.4) is 0 Å². The van der Waals surface area contributed by atoms with Gasteiger partial charge in [0.25, 0.3) is 5.56 Å². The molecule has 5 nitrogen and oxygen atoms in total. The van der Waals surface area contributed by atoms with Crippen molar-refractivity contribution in [2.45, 2.75) is 40.2 Å². The first-order valence-electron chi connectivity index (χ1n) is 9.64. The fourth-order valence-electron chi connectivity index (χ4n) is 3.43. The lowest BCUT2D eigenvalue weighted by Crippen LogP contribution is -2.47. The summed E-state index contributed by atoms with van der Waals surface area (Å²) in [6, 6.07) is 10.6. The smallest absolute Gasteiger partial charge is 0.255 e. The van der Waals surface area contributed by atoms with Gasteiger partial charge in [-0.25, -0.2) is 4.98 Å². The van der Waals surface area contributed by atoms with Crippen molar-refractivity contribution in [3.05, 3.63) is 57.5 Å². The third-order valence-electron chi connectivity index (χ3n) is 5.10. The molecule has 1 fully saturated rings. The Balaban J connectivity index is 1.61. The van der Waals surface area contributed by atoms with Crippen LogP contribution in [0.2, 0.25) is 0 Å². The van der Waals surface area contributed by atoms with E-state index in [9.17, 15) is 4.79 Å². The minimum atomic E-state index is 0.0277. The van der Waals surface area contributed by atoms with Crippen LogP contribution in [0.1, 0.15) is 37.1 Å². The summed E-state index contributed by atoms with van der Waals surface area (Å²) < 4.78 is 0. The van der Waals surface area contributed by atoms with Gasteiger partial charge in [-0.05, 0) is 31.2 Å². The highest BCUT2D eigenvalue weighted by Crippen LogP contribution is 2.15. The second kappa shape index (κ2) is 8.49. The Kier molecular flexibility index (Phi) is 6.09. The zero-order valence-corrected chi connectivity index (χ0v) is 16.2. The lowest BCUT2D eigenvalue weighted by molar-refractivity contribution is 0.248. The van der Waals surface area contributed by atoms with Crippen LogP contribution in [0, 0.1) is 12.8 Å². The number of aromatic nitrogens is 2. The summed E-state index contributed by atoms with van der Waals surface area (Å²) in [5.41, 5.74) is 3.08. The SMILES string of the molecule is Cc1nc(N2CCN(Cc3ccccc3)CC2)[nH]c(=O)c1CCC(C)C. The molecule has 3 rings (SSSR count). The maximum atomic E-state index is 12.5. The Hall–Kier alpha value is -2.14. The molecule has 0 spiro atoms. The monoisotopic (exact) mass is 354 g/mol. The summed E-state index contributed by atoms with van der Waals surface area (Å²) in [4.78, 5) is 24.8. The maximum Gasteiger partial charge on any atom is 0.255 e. The van der Waals surface area contributed by atoms with Gasteiger partial charge in [0, 0.05) is 44.0 Å². The number of piperazine rings is 1. The van der Waals surface area contributed by atoms with Crippen LogP contribution in [0.5, 0.6) is 0 Å². The van der Waals surface area contributed by atoms with Gasteiger partial charge < -0.3 is 4.90 Å². The Morgan fingerprint density at radius 3 is 2.42 bits per heavy atom. The van der Waals surface area contributed by atoms with Crippen molar-refractivity contribution in [1.82, 2.24) is 14.9 Å². The molecule has 1 saturated heterocycles. The van der Waals surface area contributed by atoms with Gasteiger partial charge >= 0.3 is 0 Å². The molecule has 0 atom stereocenters. The number of nitrogens with one attached hydrogen (secondary N) is 1. The average Bonchev–Trinajstić information content (AvgIpc) is 2.62. The van der Waals surface area contributed by atoms with Crippen LogP contribution in [-0.2, 0) is 13.0 Å². The fraction of sp³-hybridized carbons (Fsp3) is 0.524. The molecular formula is C21H30N4O. The number of anilines is 1. The van der Waals surface area contributed by atoms with Gasteiger partial charge in [0.05, 0.1) is 0 Å². The van der Waals surface area contributed by atoms with Gasteiger partial charge in [0.15, 0.2) is 0 Å². The van der Waals surface area contributed by atoms with Crippen molar-refractivity contribution < 1.29 is 0 Å². The van der Waals surface area contributed by atoms with E-state index >= 15 is 0 Å². The summed E-state index contributed by atoms with van der Waals surface area (Å²) >= 11 is 0. The largest absolute Gasteiger partial charge is 0.340 e. The highest BCUT2D eigenvalue weighted by molar-refractivity contribution is 5.34. The molecule has 5 heteroatoms. The molecule has 0 bridgehead atoms. The number of benzene rings is 1. The molecule has 26 heavy (non-hydrogen) atoms. The quantitative estimate of drug-likeness (QED) is 0.866. The summed E-state index contributed by atoms with van der Waals surface area (Å²) in [6.45, 7) is 11.0. The molecule has 0 radical (unpaired) electrons. The third kappa shape index (κ3) is 4.73. The standard InChI is InChI=1S/C21H30N4O/c1-16(2)9-10-19-17(3)22-21(23-20(19)26)25-13-11-24(12-14-25)15-18-7-5-4-6-8-18/h4-8,16H,9-15H2,1-3H3,(H,22,23,26). The van der Waals surface area contributed by atoms with Crippen LogP contribution in [-0.4, -0.2) is 41.0 Å². The van der Waals surface area contributed by atoms with E-state index in [0.717, 1.165) is 62.8 Å². The number of H-pyrrole nitrogens is 1. The molecule has 1 aromatic heterocycles. The molecule has 140 valence electrons. The topological polar surface area (TPSA) is 52.2 Å². The van der Waals surface area contributed by atoms with Crippen LogP contribution >= 0.6 is 0 Å². The number of hydrogen-bond donors (Lipinski definition) is 1. The van der Waals surface area contributed by atoms with Crippen molar-refractivity contribution in [3.8, 4) is 0 Å². The molecule has 0 unspecified atom stereocenters. The molecule has 0 saturated carbocycles. The average molecular weight is 354 g/mol. The predicted molar refractivity (Wildman–Crippen MR) is 107 cm³/mol. The highest BCUT2D eigenvalue weighted by atomic mass is 16.1. The molecule has 2 aromatic rings. The van der Waals surface area contributed by atoms with Crippen LogP contribution in [0.15, 0.2) is 35.1 Å². The minimum Gasteiger partial charge on any atom is -0.340 e. The molecule has 0 amide bonds. The maximum absolute atomic E-state index is 12.5. The first-order valence-corrected chi connectivity index (χ1v) is 9.64. The second-order valence-corrected chi connectivity index (χ2v) is 7.63. The third-order valence-corrected chi connectivity index (χ3v) is 5.10. The minimum absolute atomic E-state index is 0.0277. The first kappa shape index (κ1) is 18.6. The number of aryl methyl sites for hydroxylation is 1. The molecule has 1 aliphatic heterocycles. The van der Waals surface area contributed by atoms with Gasteiger partial charge in [-0.15, -0.1) is 0 Å². The van der Waals surface area contributed by atoms with Gasteiger partial charge in [-0.3, -0.25) is 14.7 Å². The number of aromatic amines is 1. The molecule has 1 aromatic carbocycles. The van der Waals surface area contributed by atoms with Crippen molar-refractivity contribution in [2.24, 2.45) is 5.92 Å².